The molecule has 2 aromatic rings. The maximum atomic E-state index is 5.97. The van der Waals surface area contributed by atoms with Crippen LogP contribution in [0.5, 0.6) is 5.75 Å². The largest absolute Gasteiger partial charge is 0.497 e. The van der Waals surface area contributed by atoms with Crippen LogP contribution in [0, 0.1) is 0 Å². The number of nitrogens with one attached hydrogen (secondary N) is 1. The summed E-state index contributed by atoms with van der Waals surface area (Å²) in [6, 6.07) is 14.1. The Morgan fingerprint density at radius 2 is 2.00 bits per heavy atom. The van der Waals surface area contributed by atoms with E-state index in [1.54, 1.807) is 7.11 Å². The zero-order valence-electron chi connectivity index (χ0n) is 11.3. The predicted octanol–water partition coefficient (Wildman–Crippen LogP) is 4.44. The second-order valence-electron chi connectivity index (χ2n) is 4.53. The number of hydrogen-bond acceptors (Lipinski definition) is 2. The Labute approximate surface area is 133 Å². The standard InChI is InChI=1S/C16H17BrClNO/c1-20-14-4-2-3-12(9-14)7-8-19-11-13-5-6-16(18)15(17)10-13/h2-6,9-10,19H,7-8,11H2,1H3. The Morgan fingerprint density at radius 1 is 1.15 bits per heavy atom. The zero-order chi connectivity index (χ0) is 14.4. The van der Waals surface area contributed by atoms with Gasteiger partial charge in [-0.3, -0.25) is 0 Å². The van der Waals surface area contributed by atoms with Crippen LogP contribution in [0.1, 0.15) is 11.1 Å². The second-order valence-corrected chi connectivity index (χ2v) is 5.79. The van der Waals surface area contributed by atoms with Crippen LogP contribution in [-0.2, 0) is 13.0 Å². The van der Waals surface area contributed by atoms with Gasteiger partial charge in [0.15, 0.2) is 0 Å². The van der Waals surface area contributed by atoms with Crippen molar-refractivity contribution < 1.29 is 4.74 Å². The molecule has 0 radical (unpaired) electrons. The first kappa shape index (κ1) is 15.4. The minimum Gasteiger partial charge on any atom is -0.497 e. The molecule has 0 amide bonds. The van der Waals surface area contributed by atoms with E-state index in [0.717, 1.165) is 34.8 Å². The van der Waals surface area contributed by atoms with Gasteiger partial charge < -0.3 is 10.1 Å². The van der Waals surface area contributed by atoms with Crippen LogP contribution >= 0.6 is 27.5 Å². The van der Waals surface area contributed by atoms with Gasteiger partial charge in [-0.25, -0.2) is 0 Å². The van der Waals surface area contributed by atoms with E-state index in [0.29, 0.717) is 0 Å². The summed E-state index contributed by atoms with van der Waals surface area (Å²) in [5.41, 5.74) is 2.49. The molecule has 106 valence electrons. The van der Waals surface area contributed by atoms with Gasteiger partial charge in [0, 0.05) is 11.0 Å². The van der Waals surface area contributed by atoms with E-state index in [1.165, 1.54) is 11.1 Å². The highest BCUT2D eigenvalue weighted by Crippen LogP contribution is 2.23. The minimum atomic E-state index is 0.741. The second kappa shape index (κ2) is 7.67. The molecule has 0 heterocycles. The van der Waals surface area contributed by atoms with Gasteiger partial charge in [0.05, 0.1) is 12.1 Å². The van der Waals surface area contributed by atoms with E-state index in [4.69, 9.17) is 16.3 Å². The molecule has 0 spiro atoms. The van der Waals surface area contributed by atoms with Crippen LogP contribution in [0.25, 0.3) is 0 Å². The quantitative estimate of drug-likeness (QED) is 0.774. The molecule has 1 N–H and O–H groups in total. The lowest BCUT2D eigenvalue weighted by atomic mass is 10.1. The van der Waals surface area contributed by atoms with Gasteiger partial charge in [0.1, 0.15) is 5.75 Å². The summed E-state index contributed by atoms with van der Waals surface area (Å²) in [6.45, 7) is 1.76. The number of ether oxygens (including phenoxy) is 1. The first-order chi connectivity index (χ1) is 9.69. The van der Waals surface area contributed by atoms with E-state index in [2.05, 4.69) is 33.4 Å². The van der Waals surface area contributed by atoms with Crippen molar-refractivity contribution in [1.29, 1.82) is 0 Å². The molecule has 0 aliphatic carbocycles. The average molecular weight is 355 g/mol. The molecule has 2 rings (SSSR count). The van der Waals surface area contributed by atoms with E-state index in [9.17, 15) is 0 Å². The predicted molar refractivity (Wildman–Crippen MR) is 87.6 cm³/mol. The maximum absolute atomic E-state index is 5.97. The van der Waals surface area contributed by atoms with Crippen molar-refractivity contribution in [2.24, 2.45) is 0 Å². The van der Waals surface area contributed by atoms with Crippen molar-refractivity contribution in [2.75, 3.05) is 13.7 Å². The molecule has 0 unspecified atom stereocenters. The summed E-state index contributed by atoms with van der Waals surface area (Å²) in [5.74, 6) is 0.907. The lowest BCUT2D eigenvalue weighted by Crippen LogP contribution is -2.16. The van der Waals surface area contributed by atoms with Gasteiger partial charge in [0.2, 0.25) is 0 Å². The molecule has 0 bridgehead atoms. The summed E-state index contributed by atoms with van der Waals surface area (Å²) in [4.78, 5) is 0. The first-order valence-corrected chi connectivity index (χ1v) is 7.63. The highest BCUT2D eigenvalue weighted by molar-refractivity contribution is 9.10. The lowest BCUT2D eigenvalue weighted by Gasteiger charge is -2.07. The number of methoxy groups -OCH3 is 1. The van der Waals surface area contributed by atoms with Crippen molar-refractivity contribution in [3.63, 3.8) is 0 Å². The van der Waals surface area contributed by atoms with Crippen molar-refractivity contribution in [3.05, 3.63) is 63.1 Å². The molecule has 2 aromatic carbocycles. The average Bonchev–Trinajstić information content (AvgIpc) is 2.47. The van der Waals surface area contributed by atoms with Gasteiger partial charge in [-0.2, -0.15) is 0 Å². The molecule has 0 fully saturated rings. The Kier molecular flexibility index (Phi) is 5.89. The summed E-state index contributed by atoms with van der Waals surface area (Å²) >= 11 is 9.41. The van der Waals surface area contributed by atoms with Gasteiger partial charge in [0.25, 0.3) is 0 Å². The van der Waals surface area contributed by atoms with Gasteiger partial charge in [-0.05, 0) is 64.3 Å². The fraction of sp³-hybridized carbons (Fsp3) is 0.250. The van der Waals surface area contributed by atoms with Crippen LogP contribution in [0.4, 0.5) is 0 Å². The third kappa shape index (κ3) is 4.51. The molecule has 20 heavy (non-hydrogen) atoms. The third-order valence-electron chi connectivity index (χ3n) is 3.04. The molecule has 0 aliphatic heterocycles. The van der Waals surface area contributed by atoms with Crippen LogP contribution in [0.3, 0.4) is 0 Å². The topological polar surface area (TPSA) is 21.3 Å². The van der Waals surface area contributed by atoms with Crippen LogP contribution in [-0.4, -0.2) is 13.7 Å². The molecular formula is C16H17BrClNO. The first-order valence-electron chi connectivity index (χ1n) is 6.46. The van der Waals surface area contributed by atoms with Gasteiger partial charge in [-0.15, -0.1) is 0 Å². The van der Waals surface area contributed by atoms with Crippen molar-refractivity contribution in [1.82, 2.24) is 5.32 Å². The maximum Gasteiger partial charge on any atom is 0.119 e. The highest BCUT2D eigenvalue weighted by atomic mass is 79.9. The van der Waals surface area contributed by atoms with E-state index in [-0.39, 0.29) is 0 Å². The monoisotopic (exact) mass is 353 g/mol. The SMILES string of the molecule is COc1cccc(CCNCc2ccc(Cl)c(Br)c2)c1. The number of benzene rings is 2. The van der Waals surface area contributed by atoms with Crippen LogP contribution in [0.2, 0.25) is 5.02 Å². The van der Waals surface area contributed by atoms with Crippen LogP contribution in [0.15, 0.2) is 46.9 Å². The Hall–Kier alpha value is -1.03. The summed E-state index contributed by atoms with van der Waals surface area (Å²) in [5, 5.41) is 4.17. The van der Waals surface area contributed by atoms with Crippen molar-refractivity contribution >= 4 is 27.5 Å². The Morgan fingerprint density at radius 3 is 2.75 bits per heavy atom. The molecule has 0 aromatic heterocycles. The summed E-state index contributed by atoms with van der Waals surface area (Å²) < 4.78 is 6.15. The smallest absolute Gasteiger partial charge is 0.119 e. The number of halogens is 2. The molecule has 4 heteroatoms. The van der Waals surface area contributed by atoms with Gasteiger partial charge in [-0.1, -0.05) is 29.8 Å². The summed E-state index contributed by atoms with van der Waals surface area (Å²) in [7, 11) is 1.69. The zero-order valence-corrected chi connectivity index (χ0v) is 13.7. The number of rotatable bonds is 6. The minimum absolute atomic E-state index is 0.741. The third-order valence-corrected chi connectivity index (χ3v) is 4.25. The molecule has 0 saturated heterocycles. The molecular weight excluding hydrogens is 338 g/mol. The fourth-order valence-corrected chi connectivity index (χ4v) is 2.49. The lowest BCUT2D eigenvalue weighted by molar-refractivity contribution is 0.414. The highest BCUT2D eigenvalue weighted by Gasteiger charge is 2.00. The van der Waals surface area contributed by atoms with Gasteiger partial charge >= 0.3 is 0 Å². The normalized spacial score (nSPS) is 10.6. The van der Waals surface area contributed by atoms with Crippen LogP contribution < -0.4 is 10.1 Å². The summed E-state index contributed by atoms with van der Waals surface area (Å²) in [6.07, 6.45) is 0.978. The Bertz CT molecular complexity index is 574. The number of hydrogen-bond donors (Lipinski definition) is 1. The molecule has 0 aliphatic rings. The Balaban J connectivity index is 1.79. The van der Waals surface area contributed by atoms with E-state index < -0.39 is 0 Å². The van der Waals surface area contributed by atoms with Crippen molar-refractivity contribution in [2.45, 2.75) is 13.0 Å². The fourth-order valence-electron chi connectivity index (χ4n) is 1.94. The molecule has 2 nitrogen and oxygen atoms in total. The van der Waals surface area contributed by atoms with E-state index in [1.807, 2.05) is 30.3 Å². The molecule has 0 saturated carbocycles. The molecule has 0 atom stereocenters. The van der Waals surface area contributed by atoms with Crippen molar-refractivity contribution in [3.8, 4) is 5.75 Å². The van der Waals surface area contributed by atoms with E-state index >= 15 is 0 Å².